The number of rotatable bonds is 5. The third-order valence-electron chi connectivity index (χ3n) is 4.39. The van der Waals surface area contributed by atoms with Crippen molar-refractivity contribution in [2.75, 3.05) is 11.9 Å². The fraction of sp³-hybridized carbons (Fsp3) is 0.136. The SMILES string of the molecule is Cc1cccc(NC(=O)CN2C(=O)S/C(=C/C=C\c3ccccc3)C2=O)c1C. The van der Waals surface area contributed by atoms with E-state index in [2.05, 4.69) is 5.32 Å². The first kappa shape index (κ1) is 19.6. The Bertz CT molecular complexity index is 981. The fourth-order valence-corrected chi connectivity index (χ4v) is 3.47. The van der Waals surface area contributed by atoms with E-state index in [0.29, 0.717) is 10.6 Å². The molecule has 1 saturated heterocycles. The van der Waals surface area contributed by atoms with Crippen molar-refractivity contribution in [1.82, 2.24) is 4.90 Å². The Balaban J connectivity index is 1.65. The number of benzene rings is 2. The number of nitrogens with zero attached hydrogens (tertiary/aromatic N) is 1. The molecule has 6 heteroatoms. The highest BCUT2D eigenvalue weighted by Crippen LogP contribution is 2.30. The van der Waals surface area contributed by atoms with E-state index in [0.717, 1.165) is 33.4 Å². The molecule has 2 aromatic carbocycles. The molecule has 0 spiro atoms. The lowest BCUT2D eigenvalue weighted by atomic mass is 10.1. The summed E-state index contributed by atoms with van der Waals surface area (Å²) < 4.78 is 0. The van der Waals surface area contributed by atoms with E-state index in [9.17, 15) is 14.4 Å². The van der Waals surface area contributed by atoms with Gasteiger partial charge in [0.15, 0.2) is 0 Å². The van der Waals surface area contributed by atoms with E-state index in [4.69, 9.17) is 0 Å². The number of amides is 3. The van der Waals surface area contributed by atoms with E-state index in [1.54, 1.807) is 18.2 Å². The largest absolute Gasteiger partial charge is 0.324 e. The second-order valence-electron chi connectivity index (χ2n) is 6.36. The number of aryl methyl sites for hydroxylation is 1. The van der Waals surface area contributed by atoms with E-state index in [1.807, 2.05) is 62.4 Å². The lowest BCUT2D eigenvalue weighted by molar-refractivity contribution is -0.127. The van der Waals surface area contributed by atoms with Gasteiger partial charge in [0, 0.05) is 5.69 Å². The summed E-state index contributed by atoms with van der Waals surface area (Å²) in [7, 11) is 0. The Morgan fingerprint density at radius 1 is 1.07 bits per heavy atom. The highest BCUT2D eigenvalue weighted by atomic mass is 32.2. The first-order valence-corrected chi connectivity index (χ1v) is 9.60. The second kappa shape index (κ2) is 8.71. The summed E-state index contributed by atoms with van der Waals surface area (Å²) in [6, 6.07) is 15.2. The van der Waals surface area contributed by atoms with E-state index in [1.165, 1.54) is 0 Å². The summed E-state index contributed by atoms with van der Waals surface area (Å²) in [4.78, 5) is 38.2. The number of hydrogen-bond donors (Lipinski definition) is 1. The zero-order chi connectivity index (χ0) is 20.1. The molecule has 0 aliphatic carbocycles. The van der Waals surface area contributed by atoms with Gasteiger partial charge in [-0.05, 0) is 54.4 Å². The van der Waals surface area contributed by atoms with Gasteiger partial charge in [0.05, 0.1) is 4.91 Å². The van der Waals surface area contributed by atoms with Crippen molar-refractivity contribution in [3.05, 3.63) is 82.3 Å². The van der Waals surface area contributed by atoms with Gasteiger partial charge in [0.25, 0.3) is 11.1 Å². The number of hydrogen-bond acceptors (Lipinski definition) is 4. The third kappa shape index (κ3) is 4.58. The average Bonchev–Trinajstić information content (AvgIpc) is 2.94. The van der Waals surface area contributed by atoms with E-state index >= 15 is 0 Å². The standard InChI is InChI=1S/C22H20N2O3S/c1-15-8-6-12-18(16(15)2)23-20(25)14-24-21(26)19(28-22(24)27)13-7-11-17-9-4-3-5-10-17/h3-13H,14H2,1-2H3,(H,23,25)/b11-7-,19-13+. The maximum Gasteiger partial charge on any atom is 0.294 e. The molecule has 1 fully saturated rings. The van der Waals surface area contributed by atoms with Crippen LogP contribution in [0.15, 0.2) is 65.6 Å². The van der Waals surface area contributed by atoms with Crippen LogP contribution in [-0.2, 0) is 9.59 Å². The highest BCUT2D eigenvalue weighted by Gasteiger charge is 2.36. The Hall–Kier alpha value is -3.12. The van der Waals surface area contributed by atoms with Gasteiger partial charge in [-0.3, -0.25) is 19.3 Å². The fourth-order valence-electron chi connectivity index (χ4n) is 2.68. The number of carbonyl (C=O) groups excluding carboxylic acids is 3. The molecule has 1 aliphatic rings. The minimum atomic E-state index is -0.455. The van der Waals surface area contributed by atoms with Crippen LogP contribution in [0.25, 0.3) is 6.08 Å². The smallest absolute Gasteiger partial charge is 0.294 e. The van der Waals surface area contributed by atoms with Gasteiger partial charge >= 0.3 is 0 Å². The second-order valence-corrected chi connectivity index (χ2v) is 7.35. The predicted molar refractivity (Wildman–Crippen MR) is 113 cm³/mol. The average molecular weight is 392 g/mol. The summed E-state index contributed by atoms with van der Waals surface area (Å²) in [6.45, 7) is 3.56. The topological polar surface area (TPSA) is 66.5 Å². The van der Waals surface area contributed by atoms with Crippen molar-refractivity contribution < 1.29 is 14.4 Å². The van der Waals surface area contributed by atoms with Gasteiger partial charge < -0.3 is 5.32 Å². The Kier molecular flexibility index (Phi) is 6.11. The van der Waals surface area contributed by atoms with Crippen LogP contribution in [0.5, 0.6) is 0 Å². The van der Waals surface area contributed by atoms with Crippen molar-refractivity contribution >= 4 is 40.6 Å². The van der Waals surface area contributed by atoms with Crippen molar-refractivity contribution in [3.8, 4) is 0 Å². The van der Waals surface area contributed by atoms with Crippen molar-refractivity contribution in [3.63, 3.8) is 0 Å². The number of anilines is 1. The molecule has 1 N–H and O–H groups in total. The van der Waals surface area contributed by atoms with Crippen LogP contribution >= 0.6 is 11.8 Å². The van der Waals surface area contributed by atoms with Crippen LogP contribution in [0.1, 0.15) is 16.7 Å². The van der Waals surface area contributed by atoms with Gasteiger partial charge in [0.2, 0.25) is 5.91 Å². The van der Waals surface area contributed by atoms with Crippen LogP contribution in [0.2, 0.25) is 0 Å². The normalized spacial score (nSPS) is 15.6. The van der Waals surface area contributed by atoms with Crippen molar-refractivity contribution in [2.45, 2.75) is 13.8 Å². The van der Waals surface area contributed by atoms with E-state index < -0.39 is 17.1 Å². The minimum Gasteiger partial charge on any atom is -0.324 e. The Morgan fingerprint density at radius 3 is 2.57 bits per heavy atom. The summed E-state index contributed by atoms with van der Waals surface area (Å²) in [5, 5.41) is 2.33. The minimum absolute atomic E-state index is 0.303. The lowest BCUT2D eigenvalue weighted by Crippen LogP contribution is -2.36. The molecule has 0 atom stereocenters. The Labute approximate surface area is 168 Å². The monoisotopic (exact) mass is 392 g/mol. The van der Waals surface area contributed by atoms with Gasteiger partial charge in [0.1, 0.15) is 6.54 Å². The number of carbonyl (C=O) groups is 3. The summed E-state index contributed by atoms with van der Waals surface area (Å²) >= 11 is 0.838. The number of imide groups is 1. The van der Waals surface area contributed by atoms with Gasteiger partial charge in [-0.2, -0.15) is 0 Å². The van der Waals surface area contributed by atoms with Gasteiger partial charge in [-0.25, -0.2) is 0 Å². The van der Waals surface area contributed by atoms with Crippen LogP contribution in [0.4, 0.5) is 10.5 Å². The third-order valence-corrected chi connectivity index (χ3v) is 5.32. The van der Waals surface area contributed by atoms with Crippen molar-refractivity contribution in [2.24, 2.45) is 0 Å². The summed E-state index contributed by atoms with van der Waals surface area (Å²) in [5.41, 5.74) is 3.68. The first-order valence-electron chi connectivity index (χ1n) is 8.79. The molecule has 0 saturated carbocycles. The zero-order valence-corrected chi connectivity index (χ0v) is 16.5. The zero-order valence-electron chi connectivity index (χ0n) is 15.6. The molecule has 0 unspecified atom stereocenters. The lowest BCUT2D eigenvalue weighted by Gasteiger charge is -2.14. The van der Waals surface area contributed by atoms with Crippen LogP contribution < -0.4 is 5.32 Å². The molecule has 1 heterocycles. The van der Waals surface area contributed by atoms with Crippen LogP contribution in [0, 0.1) is 13.8 Å². The molecule has 3 rings (SSSR count). The van der Waals surface area contributed by atoms with Gasteiger partial charge in [-0.15, -0.1) is 0 Å². The molecule has 142 valence electrons. The molecule has 0 radical (unpaired) electrons. The van der Waals surface area contributed by atoms with Crippen molar-refractivity contribution in [1.29, 1.82) is 0 Å². The summed E-state index contributed by atoms with van der Waals surface area (Å²) in [5.74, 6) is -0.860. The molecule has 28 heavy (non-hydrogen) atoms. The quantitative estimate of drug-likeness (QED) is 0.759. The first-order chi connectivity index (χ1) is 13.5. The maximum atomic E-state index is 12.5. The predicted octanol–water partition coefficient (Wildman–Crippen LogP) is 4.53. The maximum absolute atomic E-state index is 12.5. The number of nitrogens with one attached hydrogen (secondary N) is 1. The molecule has 3 amide bonds. The molecular formula is C22H20N2O3S. The molecule has 5 nitrogen and oxygen atoms in total. The van der Waals surface area contributed by atoms with Crippen LogP contribution in [-0.4, -0.2) is 28.5 Å². The number of thioether (sulfide) groups is 1. The number of allylic oxidation sites excluding steroid dienone is 2. The molecular weight excluding hydrogens is 372 g/mol. The van der Waals surface area contributed by atoms with E-state index in [-0.39, 0.29) is 6.54 Å². The molecule has 0 aromatic heterocycles. The molecule has 0 bridgehead atoms. The molecule has 1 aliphatic heterocycles. The summed E-state index contributed by atoms with van der Waals surface area (Å²) in [6.07, 6.45) is 5.17. The van der Waals surface area contributed by atoms with Gasteiger partial charge in [-0.1, -0.05) is 54.6 Å². The Morgan fingerprint density at radius 2 is 1.82 bits per heavy atom. The molecule has 2 aromatic rings. The van der Waals surface area contributed by atoms with Crippen LogP contribution in [0.3, 0.4) is 0 Å². The highest BCUT2D eigenvalue weighted by molar-refractivity contribution is 8.18.